The van der Waals surface area contributed by atoms with Crippen molar-refractivity contribution in [2.75, 3.05) is 11.9 Å². The predicted octanol–water partition coefficient (Wildman–Crippen LogP) is 3.02. The Morgan fingerprint density at radius 2 is 2.11 bits per heavy atom. The third-order valence-corrected chi connectivity index (χ3v) is 4.01. The van der Waals surface area contributed by atoms with E-state index in [1.807, 2.05) is 32.2 Å². The van der Waals surface area contributed by atoms with Crippen molar-refractivity contribution < 1.29 is 4.79 Å². The van der Waals surface area contributed by atoms with Crippen molar-refractivity contribution in [2.45, 2.75) is 32.6 Å². The van der Waals surface area contributed by atoms with E-state index in [9.17, 15) is 4.79 Å². The second-order valence-corrected chi connectivity index (χ2v) is 5.40. The van der Waals surface area contributed by atoms with Crippen LogP contribution in [0.3, 0.4) is 0 Å². The molecule has 4 heteroatoms. The highest BCUT2D eigenvalue weighted by Crippen LogP contribution is 2.28. The minimum Gasteiger partial charge on any atom is -0.342 e. The molecule has 1 fully saturated rings. The summed E-state index contributed by atoms with van der Waals surface area (Å²) in [5.74, 6) is 1.36. The molecule has 0 aliphatic heterocycles. The number of fused-ring (bicyclic) bond motifs is 1. The number of carbonyl (C=O) groups excluding carboxylic acids is 1. The number of nitrogens with zero attached hydrogens (tertiary/aromatic N) is 2. The van der Waals surface area contributed by atoms with Gasteiger partial charge in [0.25, 0.3) is 0 Å². The van der Waals surface area contributed by atoms with Crippen LogP contribution in [0, 0.1) is 12.8 Å². The number of hydrogen-bond acceptors (Lipinski definition) is 2. The molecule has 4 nitrogen and oxygen atoms in total. The molecule has 1 aromatic carbocycles. The van der Waals surface area contributed by atoms with Crippen molar-refractivity contribution in [1.82, 2.24) is 9.97 Å². The number of amides is 1. The number of imidazole rings is 1. The summed E-state index contributed by atoms with van der Waals surface area (Å²) in [6.45, 7) is 1.94. The number of rotatable bonds is 2. The summed E-state index contributed by atoms with van der Waals surface area (Å²) in [6.07, 6.45) is 4.44. The Morgan fingerprint density at radius 1 is 1.37 bits per heavy atom. The van der Waals surface area contributed by atoms with Gasteiger partial charge in [-0.05, 0) is 38.0 Å². The zero-order chi connectivity index (χ0) is 13.4. The molecule has 0 spiro atoms. The van der Waals surface area contributed by atoms with E-state index in [1.165, 1.54) is 12.8 Å². The highest BCUT2D eigenvalue weighted by atomic mass is 16.2. The molecule has 1 aliphatic rings. The third-order valence-electron chi connectivity index (χ3n) is 4.01. The molecule has 1 saturated carbocycles. The normalized spacial score (nSPS) is 16.1. The lowest BCUT2D eigenvalue weighted by Crippen LogP contribution is -2.31. The number of H-pyrrole nitrogens is 1. The number of anilines is 1. The van der Waals surface area contributed by atoms with Crippen molar-refractivity contribution >= 4 is 22.6 Å². The topological polar surface area (TPSA) is 49.0 Å². The van der Waals surface area contributed by atoms with Crippen molar-refractivity contribution in [2.24, 2.45) is 5.92 Å². The van der Waals surface area contributed by atoms with Crippen LogP contribution in [0.4, 0.5) is 5.69 Å². The molecule has 0 saturated heterocycles. The lowest BCUT2D eigenvalue weighted by atomic mass is 10.1. The zero-order valence-electron chi connectivity index (χ0n) is 11.4. The average molecular weight is 257 g/mol. The lowest BCUT2D eigenvalue weighted by Gasteiger charge is -2.21. The van der Waals surface area contributed by atoms with E-state index < -0.39 is 0 Å². The highest BCUT2D eigenvalue weighted by Gasteiger charge is 2.26. The van der Waals surface area contributed by atoms with Crippen LogP contribution < -0.4 is 4.90 Å². The Morgan fingerprint density at radius 3 is 2.84 bits per heavy atom. The summed E-state index contributed by atoms with van der Waals surface area (Å²) in [6, 6.07) is 5.93. The van der Waals surface area contributed by atoms with E-state index in [0.717, 1.165) is 35.4 Å². The monoisotopic (exact) mass is 257 g/mol. The van der Waals surface area contributed by atoms with Crippen LogP contribution in [0.5, 0.6) is 0 Å². The molecule has 1 heterocycles. The lowest BCUT2D eigenvalue weighted by molar-refractivity contribution is -0.121. The number of hydrogen-bond donors (Lipinski definition) is 1. The van der Waals surface area contributed by atoms with Gasteiger partial charge in [0, 0.05) is 18.7 Å². The standard InChI is InChI=1S/C15H19N3O/c1-10-16-13-8-7-12(9-14(13)17-10)18(2)15(19)11-5-3-4-6-11/h7-9,11H,3-6H2,1-2H3,(H,16,17). The summed E-state index contributed by atoms with van der Waals surface area (Å²) >= 11 is 0. The molecule has 0 bridgehead atoms. The van der Waals surface area contributed by atoms with Gasteiger partial charge in [-0.3, -0.25) is 4.79 Å². The van der Waals surface area contributed by atoms with E-state index in [2.05, 4.69) is 9.97 Å². The number of benzene rings is 1. The quantitative estimate of drug-likeness (QED) is 0.899. The van der Waals surface area contributed by atoms with Gasteiger partial charge in [-0.2, -0.15) is 0 Å². The van der Waals surface area contributed by atoms with Gasteiger partial charge in [-0.15, -0.1) is 0 Å². The van der Waals surface area contributed by atoms with E-state index in [-0.39, 0.29) is 11.8 Å². The van der Waals surface area contributed by atoms with Gasteiger partial charge in [0.05, 0.1) is 11.0 Å². The van der Waals surface area contributed by atoms with Gasteiger partial charge in [0.2, 0.25) is 5.91 Å². The summed E-state index contributed by atoms with van der Waals surface area (Å²) < 4.78 is 0. The fourth-order valence-corrected chi connectivity index (χ4v) is 2.91. The molecular weight excluding hydrogens is 238 g/mol. The fourth-order valence-electron chi connectivity index (χ4n) is 2.91. The first-order valence-corrected chi connectivity index (χ1v) is 6.89. The van der Waals surface area contributed by atoms with Crippen LogP contribution in [0.15, 0.2) is 18.2 Å². The number of aromatic amines is 1. The molecule has 0 atom stereocenters. The fraction of sp³-hybridized carbons (Fsp3) is 0.467. The van der Waals surface area contributed by atoms with Crippen LogP contribution in [-0.4, -0.2) is 22.9 Å². The first-order chi connectivity index (χ1) is 9.15. The summed E-state index contributed by atoms with van der Waals surface area (Å²) in [5, 5.41) is 0. The van der Waals surface area contributed by atoms with Crippen molar-refractivity contribution in [1.29, 1.82) is 0 Å². The van der Waals surface area contributed by atoms with E-state index in [0.29, 0.717) is 0 Å². The Hall–Kier alpha value is -1.84. The Bertz CT molecular complexity index is 611. The van der Waals surface area contributed by atoms with Gasteiger partial charge in [-0.1, -0.05) is 12.8 Å². The van der Waals surface area contributed by atoms with Gasteiger partial charge in [-0.25, -0.2) is 4.98 Å². The van der Waals surface area contributed by atoms with Crippen LogP contribution in [0.1, 0.15) is 31.5 Å². The minimum absolute atomic E-state index is 0.212. The number of carbonyl (C=O) groups is 1. The molecule has 0 unspecified atom stereocenters. The Labute approximate surface area is 112 Å². The number of aromatic nitrogens is 2. The third kappa shape index (κ3) is 2.23. The Kier molecular flexibility index (Phi) is 3.01. The molecule has 2 aromatic rings. The van der Waals surface area contributed by atoms with E-state index in [4.69, 9.17) is 0 Å². The van der Waals surface area contributed by atoms with Gasteiger partial charge in [0.15, 0.2) is 0 Å². The number of nitrogens with one attached hydrogen (secondary N) is 1. The van der Waals surface area contributed by atoms with E-state index in [1.54, 1.807) is 4.90 Å². The van der Waals surface area contributed by atoms with Crippen LogP contribution in [0.25, 0.3) is 11.0 Å². The van der Waals surface area contributed by atoms with Crippen LogP contribution >= 0.6 is 0 Å². The maximum absolute atomic E-state index is 12.4. The van der Waals surface area contributed by atoms with Gasteiger partial charge >= 0.3 is 0 Å². The second-order valence-electron chi connectivity index (χ2n) is 5.40. The molecular formula is C15H19N3O. The smallest absolute Gasteiger partial charge is 0.229 e. The molecule has 19 heavy (non-hydrogen) atoms. The average Bonchev–Trinajstić information content (AvgIpc) is 3.03. The summed E-state index contributed by atoms with van der Waals surface area (Å²) in [4.78, 5) is 21.8. The maximum Gasteiger partial charge on any atom is 0.229 e. The van der Waals surface area contributed by atoms with E-state index >= 15 is 0 Å². The van der Waals surface area contributed by atoms with Crippen molar-refractivity contribution in [3.8, 4) is 0 Å². The maximum atomic E-state index is 12.4. The van der Waals surface area contributed by atoms with Crippen molar-refractivity contribution in [3.05, 3.63) is 24.0 Å². The predicted molar refractivity (Wildman–Crippen MR) is 76.2 cm³/mol. The van der Waals surface area contributed by atoms with Gasteiger partial charge < -0.3 is 9.88 Å². The molecule has 1 aromatic heterocycles. The summed E-state index contributed by atoms with van der Waals surface area (Å²) in [5.41, 5.74) is 2.87. The zero-order valence-corrected chi connectivity index (χ0v) is 11.4. The van der Waals surface area contributed by atoms with Gasteiger partial charge in [0.1, 0.15) is 5.82 Å². The molecule has 0 radical (unpaired) electrons. The van der Waals surface area contributed by atoms with Crippen LogP contribution in [-0.2, 0) is 4.79 Å². The SMILES string of the molecule is Cc1nc2ccc(N(C)C(=O)C3CCCC3)cc2[nH]1. The highest BCUT2D eigenvalue weighted by molar-refractivity contribution is 5.96. The summed E-state index contributed by atoms with van der Waals surface area (Å²) in [7, 11) is 1.87. The van der Waals surface area contributed by atoms with Crippen LogP contribution in [0.2, 0.25) is 0 Å². The van der Waals surface area contributed by atoms with Crippen molar-refractivity contribution in [3.63, 3.8) is 0 Å². The largest absolute Gasteiger partial charge is 0.342 e. The second kappa shape index (κ2) is 4.68. The molecule has 3 rings (SSSR count). The first-order valence-electron chi connectivity index (χ1n) is 6.89. The molecule has 1 N–H and O–H groups in total. The Balaban J connectivity index is 1.87. The molecule has 1 amide bonds. The minimum atomic E-state index is 0.212. The molecule has 1 aliphatic carbocycles. The first kappa shape index (κ1) is 12.2. The molecule has 100 valence electrons. The number of aryl methyl sites for hydroxylation is 1.